The number of rotatable bonds is 1. The van der Waals surface area contributed by atoms with Gasteiger partial charge in [0.25, 0.3) is 0 Å². The molecule has 0 radical (unpaired) electrons. The molecule has 3 aliphatic rings. The van der Waals surface area contributed by atoms with E-state index < -0.39 is 11.0 Å². The number of hydrogen-bond acceptors (Lipinski definition) is 4. The van der Waals surface area contributed by atoms with Crippen LogP contribution < -0.4 is 4.90 Å². The number of piperidine rings is 1. The van der Waals surface area contributed by atoms with Crippen LogP contribution in [0.2, 0.25) is 5.02 Å². The number of amides is 2. The first kappa shape index (κ1) is 18.6. The van der Waals surface area contributed by atoms with E-state index in [2.05, 4.69) is 0 Å². The first-order chi connectivity index (χ1) is 12.7. The number of carbonyl (C=O) groups is 2. The third-order valence-corrected chi connectivity index (χ3v) is 5.85. The van der Waals surface area contributed by atoms with Crippen LogP contribution in [0.15, 0.2) is 18.2 Å². The smallest absolute Gasteiger partial charge is 0.410 e. The Morgan fingerprint density at radius 3 is 2.48 bits per heavy atom. The zero-order valence-corrected chi connectivity index (χ0v) is 16.7. The zero-order valence-electron chi connectivity index (χ0n) is 16.0. The van der Waals surface area contributed by atoms with Crippen molar-refractivity contribution in [1.29, 1.82) is 0 Å². The highest BCUT2D eigenvalue weighted by Crippen LogP contribution is 2.50. The number of fused-ring (bicyclic) bond motifs is 2. The first-order valence-electron chi connectivity index (χ1n) is 9.41. The van der Waals surface area contributed by atoms with Crippen LogP contribution >= 0.6 is 11.6 Å². The maximum atomic E-state index is 13.5. The summed E-state index contributed by atoms with van der Waals surface area (Å²) in [6, 6.07) is 5.76. The summed E-state index contributed by atoms with van der Waals surface area (Å²) in [5.41, 5.74) is 0.768. The molecule has 0 N–H and O–H groups in total. The molecule has 1 aromatic rings. The van der Waals surface area contributed by atoms with Crippen molar-refractivity contribution in [2.75, 3.05) is 31.2 Å². The number of likely N-dealkylation sites (tertiary alicyclic amines) is 1. The highest BCUT2D eigenvalue weighted by molar-refractivity contribution is 6.31. The molecule has 0 aromatic heterocycles. The fraction of sp³-hybridized carbons (Fsp3) is 0.600. The van der Waals surface area contributed by atoms with E-state index in [9.17, 15) is 9.59 Å². The molecule has 4 rings (SSSR count). The molecule has 3 heterocycles. The minimum absolute atomic E-state index is 0.0840. The van der Waals surface area contributed by atoms with Gasteiger partial charge in [0.2, 0.25) is 5.91 Å². The Kier molecular flexibility index (Phi) is 4.39. The van der Waals surface area contributed by atoms with E-state index in [0.717, 1.165) is 11.3 Å². The van der Waals surface area contributed by atoms with E-state index in [1.165, 1.54) is 0 Å². The molecular weight excluding hydrogens is 368 g/mol. The second-order valence-corrected chi connectivity index (χ2v) is 9.01. The number of nitrogens with zero attached hydrogens (tertiary/aromatic N) is 2. The molecule has 2 amide bonds. The van der Waals surface area contributed by atoms with Gasteiger partial charge >= 0.3 is 6.09 Å². The quantitative estimate of drug-likeness (QED) is 0.735. The molecule has 0 atom stereocenters. The Bertz CT molecular complexity index is 777. The molecule has 7 heteroatoms. The molecule has 0 aliphatic carbocycles. The normalized spacial score (nSPS) is 22.0. The largest absolute Gasteiger partial charge is 0.444 e. The van der Waals surface area contributed by atoms with E-state index in [-0.39, 0.29) is 18.0 Å². The summed E-state index contributed by atoms with van der Waals surface area (Å²) in [6.45, 7) is 7.67. The van der Waals surface area contributed by atoms with Crippen LogP contribution in [-0.2, 0) is 19.7 Å². The van der Waals surface area contributed by atoms with Gasteiger partial charge in [-0.3, -0.25) is 4.79 Å². The molecule has 146 valence electrons. The van der Waals surface area contributed by atoms with Gasteiger partial charge in [0.15, 0.2) is 0 Å². The lowest BCUT2D eigenvalue weighted by atomic mass is 9.73. The van der Waals surface area contributed by atoms with Gasteiger partial charge in [-0.2, -0.15) is 0 Å². The molecule has 0 saturated carbocycles. The van der Waals surface area contributed by atoms with Crippen LogP contribution in [0.25, 0.3) is 0 Å². The fourth-order valence-electron chi connectivity index (χ4n) is 4.17. The summed E-state index contributed by atoms with van der Waals surface area (Å²) in [5, 5.41) is 0.627. The van der Waals surface area contributed by atoms with Crippen molar-refractivity contribution in [2.24, 2.45) is 0 Å². The Balaban J connectivity index is 1.59. The van der Waals surface area contributed by atoms with Crippen molar-refractivity contribution in [3.63, 3.8) is 0 Å². The Hall–Kier alpha value is -1.79. The van der Waals surface area contributed by atoms with Crippen molar-refractivity contribution in [3.05, 3.63) is 28.8 Å². The highest BCUT2D eigenvalue weighted by Gasteiger charge is 2.55. The molecule has 1 spiro atoms. The summed E-state index contributed by atoms with van der Waals surface area (Å²) in [7, 11) is 0. The third-order valence-electron chi connectivity index (χ3n) is 5.62. The monoisotopic (exact) mass is 392 g/mol. The highest BCUT2D eigenvalue weighted by atomic mass is 35.5. The van der Waals surface area contributed by atoms with Crippen LogP contribution in [0.5, 0.6) is 0 Å². The van der Waals surface area contributed by atoms with Crippen molar-refractivity contribution in [2.45, 2.75) is 50.7 Å². The van der Waals surface area contributed by atoms with Gasteiger partial charge in [-0.1, -0.05) is 11.6 Å². The van der Waals surface area contributed by atoms with Gasteiger partial charge in [0.05, 0.1) is 24.7 Å². The number of benzene rings is 1. The third kappa shape index (κ3) is 3.09. The summed E-state index contributed by atoms with van der Waals surface area (Å²) < 4.78 is 10.8. The summed E-state index contributed by atoms with van der Waals surface area (Å²) in [5.74, 6) is 0.108. The van der Waals surface area contributed by atoms with Gasteiger partial charge in [0.1, 0.15) is 5.60 Å². The van der Waals surface area contributed by atoms with Gasteiger partial charge in [-0.05, 0) is 57.4 Å². The average Bonchev–Trinajstić information content (AvgIpc) is 2.76. The molecular formula is C20H25ClN2O4. The average molecular weight is 393 g/mol. The van der Waals surface area contributed by atoms with Crippen LogP contribution in [-0.4, -0.2) is 54.8 Å². The standard InChI is InChI=1S/C20H25ClN2O4/c1-19(2,3)27-18(25)22-8-6-20(7-9-22)15-10-13(21)4-5-16(15)23(17(20)24)14-11-26-12-14/h4-5,10,14H,6-9,11-12H2,1-3H3. The predicted octanol–water partition coefficient (Wildman–Crippen LogP) is 3.35. The number of carbonyl (C=O) groups excluding carboxylic acids is 2. The Morgan fingerprint density at radius 1 is 1.26 bits per heavy atom. The van der Waals surface area contributed by atoms with Crippen LogP contribution in [0, 0.1) is 0 Å². The number of anilines is 1. The number of ether oxygens (including phenoxy) is 2. The molecule has 6 nitrogen and oxygen atoms in total. The van der Waals surface area contributed by atoms with Crippen molar-refractivity contribution >= 4 is 29.3 Å². The molecule has 0 bridgehead atoms. The molecule has 1 aromatic carbocycles. The van der Waals surface area contributed by atoms with Crippen molar-refractivity contribution in [3.8, 4) is 0 Å². The van der Waals surface area contributed by atoms with Crippen LogP contribution in [0.1, 0.15) is 39.2 Å². The molecule has 0 unspecified atom stereocenters. The summed E-state index contributed by atoms with van der Waals surface area (Å²) in [6.07, 6.45) is 0.823. The van der Waals surface area contributed by atoms with E-state index in [1.54, 1.807) is 4.90 Å². The van der Waals surface area contributed by atoms with Gasteiger partial charge in [-0.25, -0.2) is 4.79 Å². The van der Waals surface area contributed by atoms with E-state index in [1.807, 2.05) is 43.9 Å². The number of halogens is 1. The second kappa shape index (κ2) is 6.38. The van der Waals surface area contributed by atoms with Crippen LogP contribution in [0.4, 0.5) is 10.5 Å². The van der Waals surface area contributed by atoms with Crippen molar-refractivity contribution in [1.82, 2.24) is 4.90 Å². The van der Waals surface area contributed by atoms with Crippen LogP contribution in [0.3, 0.4) is 0 Å². The maximum Gasteiger partial charge on any atom is 0.410 e. The molecule has 27 heavy (non-hydrogen) atoms. The predicted molar refractivity (Wildman–Crippen MR) is 102 cm³/mol. The van der Waals surface area contributed by atoms with E-state index in [0.29, 0.717) is 44.2 Å². The van der Waals surface area contributed by atoms with E-state index >= 15 is 0 Å². The lowest BCUT2D eigenvalue weighted by molar-refractivity contribution is -0.127. The fourth-order valence-corrected chi connectivity index (χ4v) is 4.34. The van der Waals surface area contributed by atoms with Gasteiger partial charge in [-0.15, -0.1) is 0 Å². The number of hydrogen-bond donors (Lipinski definition) is 0. The summed E-state index contributed by atoms with van der Waals surface area (Å²) in [4.78, 5) is 29.5. The Morgan fingerprint density at radius 2 is 1.93 bits per heavy atom. The minimum Gasteiger partial charge on any atom is -0.444 e. The molecule has 3 aliphatic heterocycles. The SMILES string of the molecule is CC(C)(C)OC(=O)N1CCC2(CC1)C(=O)N(C1COC1)c1ccc(Cl)cc12. The van der Waals surface area contributed by atoms with E-state index in [4.69, 9.17) is 21.1 Å². The van der Waals surface area contributed by atoms with Gasteiger partial charge < -0.3 is 19.3 Å². The maximum absolute atomic E-state index is 13.5. The second-order valence-electron chi connectivity index (χ2n) is 8.58. The Labute approximate surface area is 164 Å². The topological polar surface area (TPSA) is 59.1 Å². The molecule has 2 fully saturated rings. The van der Waals surface area contributed by atoms with Gasteiger partial charge in [0, 0.05) is 23.8 Å². The molecule has 2 saturated heterocycles. The zero-order chi connectivity index (χ0) is 19.4. The lowest BCUT2D eigenvalue weighted by Gasteiger charge is -2.40. The summed E-state index contributed by atoms with van der Waals surface area (Å²) >= 11 is 6.26. The first-order valence-corrected chi connectivity index (χ1v) is 9.78. The van der Waals surface area contributed by atoms with Crippen molar-refractivity contribution < 1.29 is 19.1 Å². The minimum atomic E-state index is -0.617. The lowest BCUT2D eigenvalue weighted by Crippen LogP contribution is -2.56.